The van der Waals surface area contributed by atoms with Gasteiger partial charge in [-0.3, -0.25) is 14.9 Å². The predicted octanol–water partition coefficient (Wildman–Crippen LogP) is 1.84. The van der Waals surface area contributed by atoms with Crippen molar-refractivity contribution in [3.63, 3.8) is 0 Å². The molecule has 1 aromatic carbocycles. The SMILES string of the molecule is COC1CC(NC(=O)c2ccc([N+](=O)[O-])c(O)c2)C1(C)C. The first-order chi connectivity index (χ1) is 9.77. The molecule has 0 bridgehead atoms. The average molecular weight is 294 g/mol. The van der Waals surface area contributed by atoms with Crippen LogP contribution in [-0.4, -0.2) is 35.2 Å². The Morgan fingerprint density at radius 1 is 1.52 bits per heavy atom. The fraction of sp³-hybridized carbons (Fsp3) is 0.500. The van der Waals surface area contributed by atoms with E-state index in [-0.39, 0.29) is 29.0 Å². The van der Waals surface area contributed by atoms with Gasteiger partial charge in [-0.05, 0) is 18.6 Å². The number of nitro benzene ring substituents is 1. The van der Waals surface area contributed by atoms with E-state index in [4.69, 9.17) is 4.74 Å². The molecule has 0 spiro atoms. The number of rotatable bonds is 4. The van der Waals surface area contributed by atoms with E-state index in [1.54, 1.807) is 7.11 Å². The van der Waals surface area contributed by atoms with Crippen molar-refractivity contribution < 1.29 is 19.6 Å². The molecule has 7 heteroatoms. The zero-order chi connectivity index (χ0) is 15.8. The van der Waals surface area contributed by atoms with Crippen molar-refractivity contribution in [1.82, 2.24) is 5.32 Å². The summed E-state index contributed by atoms with van der Waals surface area (Å²) in [7, 11) is 1.64. The van der Waals surface area contributed by atoms with Gasteiger partial charge in [0.2, 0.25) is 0 Å². The van der Waals surface area contributed by atoms with Crippen LogP contribution in [0.1, 0.15) is 30.6 Å². The lowest BCUT2D eigenvalue weighted by Crippen LogP contribution is -2.61. The molecule has 0 saturated heterocycles. The summed E-state index contributed by atoms with van der Waals surface area (Å²) in [5, 5.41) is 23.0. The van der Waals surface area contributed by atoms with Crippen molar-refractivity contribution in [2.24, 2.45) is 5.41 Å². The smallest absolute Gasteiger partial charge is 0.310 e. The van der Waals surface area contributed by atoms with Gasteiger partial charge in [0.1, 0.15) is 0 Å². The largest absolute Gasteiger partial charge is 0.502 e. The number of ether oxygens (including phenoxy) is 1. The van der Waals surface area contributed by atoms with Gasteiger partial charge in [-0.1, -0.05) is 13.8 Å². The van der Waals surface area contributed by atoms with Crippen LogP contribution in [0.3, 0.4) is 0 Å². The maximum absolute atomic E-state index is 12.1. The fourth-order valence-electron chi connectivity index (χ4n) is 2.59. The fourth-order valence-corrected chi connectivity index (χ4v) is 2.59. The molecule has 2 unspecified atom stereocenters. The van der Waals surface area contributed by atoms with Crippen molar-refractivity contribution in [2.75, 3.05) is 7.11 Å². The summed E-state index contributed by atoms with van der Waals surface area (Å²) in [4.78, 5) is 22.1. The van der Waals surface area contributed by atoms with Crippen LogP contribution in [0.25, 0.3) is 0 Å². The van der Waals surface area contributed by atoms with Gasteiger partial charge in [-0.2, -0.15) is 0 Å². The minimum Gasteiger partial charge on any atom is -0.502 e. The van der Waals surface area contributed by atoms with Crippen molar-refractivity contribution in [3.8, 4) is 5.75 Å². The molecule has 2 N–H and O–H groups in total. The second-order valence-corrected chi connectivity index (χ2v) is 5.77. The van der Waals surface area contributed by atoms with Crippen LogP contribution in [0.5, 0.6) is 5.75 Å². The van der Waals surface area contributed by atoms with Crippen LogP contribution in [0, 0.1) is 15.5 Å². The minimum atomic E-state index is -0.699. The third-order valence-electron chi connectivity index (χ3n) is 4.20. The number of aromatic hydroxyl groups is 1. The highest BCUT2D eigenvalue weighted by atomic mass is 16.6. The Morgan fingerprint density at radius 2 is 2.19 bits per heavy atom. The van der Waals surface area contributed by atoms with E-state index in [2.05, 4.69) is 5.32 Å². The van der Waals surface area contributed by atoms with Gasteiger partial charge >= 0.3 is 5.69 Å². The molecular weight excluding hydrogens is 276 g/mol. The zero-order valence-electron chi connectivity index (χ0n) is 12.1. The van der Waals surface area contributed by atoms with Gasteiger partial charge in [0.15, 0.2) is 5.75 Å². The van der Waals surface area contributed by atoms with E-state index in [9.17, 15) is 20.0 Å². The number of phenols is 1. The number of hydrogen-bond donors (Lipinski definition) is 2. The summed E-state index contributed by atoms with van der Waals surface area (Å²) in [6.45, 7) is 4.01. The first kappa shape index (κ1) is 15.2. The number of benzene rings is 1. The average Bonchev–Trinajstić information content (AvgIpc) is 2.42. The lowest BCUT2D eigenvalue weighted by Gasteiger charge is -2.51. The third kappa shape index (κ3) is 2.69. The van der Waals surface area contributed by atoms with Gasteiger partial charge in [0.25, 0.3) is 5.91 Å². The van der Waals surface area contributed by atoms with Crippen molar-refractivity contribution >= 4 is 11.6 Å². The molecule has 21 heavy (non-hydrogen) atoms. The molecule has 2 rings (SSSR count). The molecule has 7 nitrogen and oxygen atoms in total. The number of phenolic OH excluding ortho intramolecular Hbond substituents is 1. The highest BCUT2D eigenvalue weighted by molar-refractivity contribution is 5.95. The predicted molar refractivity (Wildman–Crippen MR) is 75.2 cm³/mol. The van der Waals surface area contributed by atoms with Crippen LogP contribution < -0.4 is 5.32 Å². The van der Waals surface area contributed by atoms with Gasteiger partial charge in [0, 0.05) is 30.2 Å². The topological polar surface area (TPSA) is 102 Å². The quantitative estimate of drug-likeness (QED) is 0.651. The summed E-state index contributed by atoms with van der Waals surface area (Å²) in [5.41, 5.74) is -0.405. The first-order valence-corrected chi connectivity index (χ1v) is 6.58. The molecule has 0 heterocycles. The van der Waals surface area contributed by atoms with Gasteiger partial charge < -0.3 is 15.2 Å². The van der Waals surface area contributed by atoms with Gasteiger partial charge in [-0.15, -0.1) is 0 Å². The van der Waals surface area contributed by atoms with Gasteiger partial charge in [-0.25, -0.2) is 0 Å². The molecule has 0 aromatic heterocycles. The van der Waals surface area contributed by atoms with E-state index < -0.39 is 16.4 Å². The van der Waals surface area contributed by atoms with Crippen LogP contribution in [0.15, 0.2) is 18.2 Å². The number of amides is 1. The number of carbonyl (C=O) groups excluding carboxylic acids is 1. The Balaban J connectivity index is 2.08. The first-order valence-electron chi connectivity index (χ1n) is 6.58. The Hall–Kier alpha value is -2.15. The van der Waals surface area contributed by atoms with Gasteiger partial charge in [0.05, 0.1) is 11.0 Å². The van der Waals surface area contributed by atoms with Crippen molar-refractivity contribution in [3.05, 3.63) is 33.9 Å². The van der Waals surface area contributed by atoms with E-state index >= 15 is 0 Å². The monoisotopic (exact) mass is 294 g/mol. The van der Waals surface area contributed by atoms with Crippen LogP contribution >= 0.6 is 0 Å². The van der Waals surface area contributed by atoms with Crippen molar-refractivity contribution in [2.45, 2.75) is 32.4 Å². The Kier molecular flexibility index (Phi) is 3.87. The standard InChI is InChI=1S/C14H18N2O5/c1-14(2)11(7-12(14)21-3)15-13(18)8-4-5-9(16(19)20)10(17)6-8/h4-6,11-12,17H,7H2,1-3H3,(H,15,18). The maximum Gasteiger partial charge on any atom is 0.310 e. The molecule has 1 aliphatic carbocycles. The normalized spacial score (nSPS) is 23.2. The van der Waals surface area contributed by atoms with Crippen LogP contribution in [-0.2, 0) is 4.74 Å². The number of methoxy groups -OCH3 is 1. The Morgan fingerprint density at radius 3 is 2.67 bits per heavy atom. The Bertz CT molecular complexity index is 585. The molecular formula is C14H18N2O5. The molecule has 1 fully saturated rings. The van der Waals surface area contributed by atoms with E-state index in [0.29, 0.717) is 6.42 Å². The number of carbonyl (C=O) groups is 1. The van der Waals surface area contributed by atoms with E-state index in [1.807, 2.05) is 13.8 Å². The molecule has 2 atom stereocenters. The van der Waals surface area contributed by atoms with E-state index in [1.165, 1.54) is 6.07 Å². The second kappa shape index (κ2) is 5.33. The molecule has 114 valence electrons. The summed E-state index contributed by atoms with van der Waals surface area (Å²) in [6, 6.07) is 3.51. The molecule has 0 aliphatic heterocycles. The number of nitrogens with one attached hydrogen (secondary N) is 1. The lowest BCUT2D eigenvalue weighted by atomic mass is 9.64. The molecule has 1 amide bonds. The number of nitrogens with zero attached hydrogens (tertiary/aromatic N) is 1. The van der Waals surface area contributed by atoms with Crippen LogP contribution in [0.4, 0.5) is 5.69 Å². The molecule has 1 saturated carbocycles. The van der Waals surface area contributed by atoms with Crippen molar-refractivity contribution in [1.29, 1.82) is 0 Å². The van der Waals surface area contributed by atoms with Crippen LogP contribution in [0.2, 0.25) is 0 Å². The molecule has 1 aromatic rings. The second-order valence-electron chi connectivity index (χ2n) is 5.77. The third-order valence-corrected chi connectivity index (χ3v) is 4.20. The number of nitro groups is 1. The summed E-state index contributed by atoms with van der Waals surface area (Å²) in [6.07, 6.45) is 0.807. The highest BCUT2D eigenvalue weighted by Crippen LogP contribution is 2.42. The van der Waals surface area contributed by atoms with E-state index in [0.717, 1.165) is 12.1 Å². The molecule has 1 aliphatic rings. The Labute approximate surface area is 122 Å². The summed E-state index contributed by atoms with van der Waals surface area (Å²) in [5.74, 6) is -0.886. The highest BCUT2D eigenvalue weighted by Gasteiger charge is 2.49. The summed E-state index contributed by atoms with van der Waals surface area (Å²) >= 11 is 0. The number of hydrogen-bond acceptors (Lipinski definition) is 5. The maximum atomic E-state index is 12.1. The minimum absolute atomic E-state index is 0.0349. The zero-order valence-corrected chi connectivity index (χ0v) is 12.1. The lowest BCUT2D eigenvalue weighted by molar-refractivity contribution is -0.385. The summed E-state index contributed by atoms with van der Waals surface area (Å²) < 4.78 is 5.31. The molecule has 0 radical (unpaired) electrons.